The van der Waals surface area contributed by atoms with Gasteiger partial charge in [-0.3, -0.25) is 4.79 Å². The van der Waals surface area contributed by atoms with Crippen molar-refractivity contribution in [2.45, 2.75) is 32.7 Å². The number of rotatable bonds is 4. The minimum absolute atomic E-state index is 0.0599. The van der Waals surface area contributed by atoms with Gasteiger partial charge in [-0.2, -0.15) is 0 Å². The van der Waals surface area contributed by atoms with E-state index in [1.807, 2.05) is 36.1 Å². The lowest BCUT2D eigenvalue weighted by atomic mass is 9.92. The van der Waals surface area contributed by atoms with Gasteiger partial charge in [-0.1, -0.05) is 36.7 Å². The van der Waals surface area contributed by atoms with E-state index in [1.165, 1.54) is 5.56 Å². The van der Waals surface area contributed by atoms with Crippen molar-refractivity contribution in [3.8, 4) is 5.75 Å². The Bertz CT molecular complexity index is 798. The Morgan fingerprint density at radius 2 is 2.12 bits per heavy atom. The average Bonchev–Trinajstić information content (AvgIpc) is 2.62. The van der Waals surface area contributed by atoms with Gasteiger partial charge in [-0.25, -0.2) is 0 Å². The highest BCUT2D eigenvalue weighted by Crippen LogP contribution is 2.31. The van der Waals surface area contributed by atoms with Crippen LogP contribution in [0.4, 0.5) is 5.69 Å². The van der Waals surface area contributed by atoms with Gasteiger partial charge in [0.05, 0.1) is 13.2 Å². The van der Waals surface area contributed by atoms with Crippen molar-refractivity contribution in [3.05, 3.63) is 58.1 Å². The first-order valence-electron chi connectivity index (χ1n) is 8.88. The molecule has 5 heteroatoms. The summed E-state index contributed by atoms with van der Waals surface area (Å²) in [4.78, 5) is 14.9. The molecule has 138 valence electrons. The molecule has 0 fully saturated rings. The van der Waals surface area contributed by atoms with Gasteiger partial charge in [0.1, 0.15) is 5.75 Å². The van der Waals surface area contributed by atoms with Crippen LogP contribution in [0.5, 0.6) is 5.75 Å². The fourth-order valence-electron chi connectivity index (χ4n) is 3.63. The van der Waals surface area contributed by atoms with E-state index in [4.69, 9.17) is 22.1 Å². The first-order valence-corrected chi connectivity index (χ1v) is 9.26. The molecule has 3 rings (SSSR count). The maximum atomic E-state index is 13.1. The fourth-order valence-corrected chi connectivity index (χ4v) is 3.97. The van der Waals surface area contributed by atoms with Crippen LogP contribution < -0.4 is 15.4 Å². The lowest BCUT2D eigenvalue weighted by Crippen LogP contribution is -2.48. The minimum atomic E-state index is -0.641. The fraction of sp³-hybridized carbons (Fsp3) is 0.381. The van der Waals surface area contributed by atoms with Crippen LogP contribution in [0.1, 0.15) is 23.6 Å². The zero-order valence-electron chi connectivity index (χ0n) is 15.5. The van der Waals surface area contributed by atoms with E-state index in [9.17, 15) is 4.79 Å². The third-order valence-electron chi connectivity index (χ3n) is 4.98. The molecule has 0 radical (unpaired) electrons. The molecule has 0 saturated carbocycles. The van der Waals surface area contributed by atoms with E-state index in [1.54, 1.807) is 13.2 Å². The third kappa shape index (κ3) is 3.71. The summed E-state index contributed by atoms with van der Waals surface area (Å²) in [5.41, 5.74) is 10.4. The highest BCUT2D eigenvalue weighted by molar-refractivity contribution is 6.31. The molecule has 2 aromatic carbocycles. The van der Waals surface area contributed by atoms with Crippen LogP contribution in [0.25, 0.3) is 0 Å². The zero-order chi connectivity index (χ0) is 18.8. The van der Waals surface area contributed by atoms with Crippen molar-refractivity contribution in [3.63, 3.8) is 0 Å². The van der Waals surface area contributed by atoms with Crippen LogP contribution >= 0.6 is 11.6 Å². The molecule has 0 aromatic heterocycles. The van der Waals surface area contributed by atoms with E-state index in [-0.39, 0.29) is 5.91 Å². The minimum Gasteiger partial charge on any atom is -0.497 e. The molecular formula is C21H25ClN2O2. The molecule has 2 unspecified atom stereocenters. The number of amides is 1. The van der Waals surface area contributed by atoms with Crippen LogP contribution in [0.2, 0.25) is 5.02 Å². The lowest BCUT2D eigenvalue weighted by Gasteiger charge is -2.34. The number of hydrogen-bond donors (Lipinski definition) is 1. The number of hydrogen-bond acceptors (Lipinski definition) is 3. The summed E-state index contributed by atoms with van der Waals surface area (Å²) in [6.45, 7) is 4.81. The number of para-hydroxylation sites is 1. The van der Waals surface area contributed by atoms with Gasteiger partial charge in [0.15, 0.2) is 0 Å². The van der Waals surface area contributed by atoms with Crippen LogP contribution in [-0.2, 0) is 17.6 Å². The molecule has 26 heavy (non-hydrogen) atoms. The summed E-state index contributed by atoms with van der Waals surface area (Å²) in [6, 6.07) is 11.1. The number of nitrogens with zero attached hydrogens (tertiary/aromatic N) is 1. The molecule has 2 aromatic rings. The first kappa shape index (κ1) is 18.7. The largest absolute Gasteiger partial charge is 0.497 e. The van der Waals surface area contributed by atoms with Gasteiger partial charge >= 0.3 is 0 Å². The van der Waals surface area contributed by atoms with E-state index < -0.39 is 6.04 Å². The summed E-state index contributed by atoms with van der Waals surface area (Å²) in [7, 11) is 1.61. The molecular weight excluding hydrogens is 348 g/mol. The molecule has 1 aliphatic heterocycles. The predicted molar refractivity (Wildman–Crippen MR) is 106 cm³/mol. The second kappa shape index (κ2) is 7.68. The van der Waals surface area contributed by atoms with Crippen molar-refractivity contribution >= 4 is 23.2 Å². The molecule has 0 bridgehead atoms. The molecule has 2 atom stereocenters. The number of nitrogens with two attached hydrogens (primary N) is 1. The average molecular weight is 373 g/mol. The van der Waals surface area contributed by atoms with Gasteiger partial charge in [0.2, 0.25) is 5.91 Å². The molecule has 1 heterocycles. The number of halogens is 1. The normalized spacial score (nSPS) is 17.6. The Kier molecular flexibility index (Phi) is 5.54. The van der Waals surface area contributed by atoms with Crippen molar-refractivity contribution in [1.82, 2.24) is 0 Å². The number of ether oxygens (including phenoxy) is 1. The van der Waals surface area contributed by atoms with Crippen LogP contribution in [-0.4, -0.2) is 25.6 Å². The number of carbonyl (C=O) groups is 1. The Balaban J connectivity index is 1.83. The number of carbonyl (C=O) groups excluding carboxylic acids is 1. The summed E-state index contributed by atoms with van der Waals surface area (Å²) in [5.74, 6) is 1.05. The quantitative estimate of drug-likeness (QED) is 0.889. The smallest absolute Gasteiger partial charge is 0.244 e. The number of methoxy groups -OCH3 is 1. The van der Waals surface area contributed by atoms with Crippen molar-refractivity contribution in [2.75, 3.05) is 18.6 Å². The Morgan fingerprint density at radius 3 is 2.81 bits per heavy atom. The van der Waals surface area contributed by atoms with Gasteiger partial charge in [-0.05, 0) is 60.6 Å². The van der Waals surface area contributed by atoms with E-state index >= 15 is 0 Å². The molecule has 2 N–H and O–H groups in total. The number of aryl methyl sites for hydroxylation is 1. The molecule has 0 saturated heterocycles. The maximum absolute atomic E-state index is 13.1. The molecule has 1 amide bonds. The van der Waals surface area contributed by atoms with Gasteiger partial charge in [0.25, 0.3) is 0 Å². The zero-order valence-corrected chi connectivity index (χ0v) is 16.2. The topological polar surface area (TPSA) is 55.6 Å². The van der Waals surface area contributed by atoms with E-state index in [2.05, 4.69) is 13.0 Å². The molecule has 1 aliphatic rings. The van der Waals surface area contributed by atoms with Crippen molar-refractivity contribution in [1.29, 1.82) is 0 Å². The van der Waals surface area contributed by atoms with Crippen LogP contribution in [0.3, 0.4) is 0 Å². The Labute approximate surface area is 159 Å². The molecule has 4 nitrogen and oxygen atoms in total. The third-order valence-corrected chi connectivity index (χ3v) is 5.32. The SMILES string of the molecule is COc1cc(C)c(CC(N)C(=O)N2CC(C)Cc3ccccc32)c(Cl)c1. The van der Waals surface area contributed by atoms with E-state index in [0.29, 0.717) is 29.7 Å². The summed E-state index contributed by atoms with van der Waals surface area (Å²) in [5, 5.41) is 0.581. The Hall–Kier alpha value is -2.04. The predicted octanol–water partition coefficient (Wildman–Crippen LogP) is 3.75. The first-order chi connectivity index (χ1) is 12.4. The monoisotopic (exact) mass is 372 g/mol. The molecule has 0 spiro atoms. The summed E-state index contributed by atoms with van der Waals surface area (Å²) < 4.78 is 5.24. The number of benzene rings is 2. The van der Waals surface area contributed by atoms with Crippen molar-refractivity contribution in [2.24, 2.45) is 11.7 Å². The number of fused-ring (bicyclic) bond motifs is 1. The van der Waals surface area contributed by atoms with Gasteiger partial charge in [-0.15, -0.1) is 0 Å². The van der Waals surface area contributed by atoms with Crippen LogP contribution in [0.15, 0.2) is 36.4 Å². The molecule has 0 aliphatic carbocycles. The number of anilines is 1. The standard InChI is InChI=1S/C21H25ClN2O2/c1-13-8-15-6-4-5-7-20(15)24(12-13)21(25)19(23)11-17-14(2)9-16(26-3)10-18(17)22/h4-7,9-10,13,19H,8,11-12,23H2,1-3H3. The second-order valence-corrected chi connectivity index (χ2v) is 7.51. The highest BCUT2D eigenvalue weighted by atomic mass is 35.5. The van der Waals surface area contributed by atoms with Gasteiger partial charge in [0, 0.05) is 17.3 Å². The second-order valence-electron chi connectivity index (χ2n) is 7.10. The lowest BCUT2D eigenvalue weighted by molar-refractivity contribution is -0.120. The van der Waals surface area contributed by atoms with Crippen molar-refractivity contribution < 1.29 is 9.53 Å². The Morgan fingerprint density at radius 1 is 1.38 bits per heavy atom. The summed E-state index contributed by atoms with van der Waals surface area (Å²) in [6.07, 6.45) is 1.39. The summed E-state index contributed by atoms with van der Waals surface area (Å²) >= 11 is 6.39. The maximum Gasteiger partial charge on any atom is 0.244 e. The van der Waals surface area contributed by atoms with Gasteiger partial charge < -0.3 is 15.4 Å². The van der Waals surface area contributed by atoms with Crippen LogP contribution in [0, 0.1) is 12.8 Å². The highest BCUT2D eigenvalue weighted by Gasteiger charge is 2.30. The van der Waals surface area contributed by atoms with E-state index in [0.717, 1.165) is 23.2 Å².